The number of amides is 1. The van der Waals surface area contributed by atoms with E-state index in [2.05, 4.69) is 5.16 Å². The van der Waals surface area contributed by atoms with Crippen LogP contribution < -0.4 is 4.90 Å². The fourth-order valence-corrected chi connectivity index (χ4v) is 4.22. The van der Waals surface area contributed by atoms with Crippen molar-refractivity contribution in [3.63, 3.8) is 0 Å². The summed E-state index contributed by atoms with van der Waals surface area (Å²) in [7, 11) is 3.95. The van der Waals surface area contributed by atoms with E-state index < -0.39 is 11.6 Å². The smallest absolute Gasteiger partial charge is 0.264 e. The maximum Gasteiger partial charge on any atom is 0.264 e. The lowest BCUT2D eigenvalue weighted by Gasteiger charge is -2.24. The molecule has 8 heteroatoms. The topological polar surface area (TPSA) is 45.1 Å². The molecule has 4 rings (SSSR count). The van der Waals surface area contributed by atoms with Gasteiger partial charge in [-0.15, -0.1) is 11.3 Å². The molecule has 1 aliphatic rings. The Kier molecular flexibility index (Phi) is 6.50. The molecular formula is C24H23F2N3O2S. The van der Waals surface area contributed by atoms with Gasteiger partial charge in [0.2, 0.25) is 0 Å². The van der Waals surface area contributed by atoms with Gasteiger partial charge in [-0.05, 0) is 35.2 Å². The van der Waals surface area contributed by atoms with E-state index in [1.54, 1.807) is 12.1 Å². The van der Waals surface area contributed by atoms with Gasteiger partial charge in [0.05, 0.1) is 17.1 Å². The highest BCUT2D eigenvalue weighted by molar-refractivity contribution is 7.12. The van der Waals surface area contributed by atoms with Crippen LogP contribution in [0.3, 0.4) is 0 Å². The zero-order valence-corrected chi connectivity index (χ0v) is 18.6. The molecule has 1 aromatic heterocycles. The number of carbonyl (C=O) groups is 1. The molecule has 1 amide bonds. The number of hydrogen-bond donors (Lipinski definition) is 0. The van der Waals surface area contributed by atoms with Gasteiger partial charge in [-0.25, -0.2) is 8.78 Å². The predicted molar refractivity (Wildman–Crippen MR) is 122 cm³/mol. The largest absolute Gasteiger partial charge is 0.390 e. The van der Waals surface area contributed by atoms with Crippen LogP contribution in [0.4, 0.5) is 14.5 Å². The van der Waals surface area contributed by atoms with Crippen molar-refractivity contribution in [3.05, 3.63) is 87.6 Å². The third-order valence-electron chi connectivity index (χ3n) is 5.27. The molecule has 5 nitrogen and oxygen atoms in total. The van der Waals surface area contributed by atoms with E-state index in [1.165, 1.54) is 28.4 Å². The van der Waals surface area contributed by atoms with Gasteiger partial charge < -0.3 is 14.6 Å². The fourth-order valence-electron chi connectivity index (χ4n) is 3.53. The highest BCUT2D eigenvalue weighted by atomic mass is 32.1. The summed E-state index contributed by atoms with van der Waals surface area (Å²) in [5.41, 5.74) is 3.09. The lowest BCUT2D eigenvalue weighted by molar-refractivity contribution is 0.0406. The number of hydrogen-bond acceptors (Lipinski definition) is 5. The van der Waals surface area contributed by atoms with Gasteiger partial charge >= 0.3 is 0 Å². The fraction of sp³-hybridized carbons (Fsp3) is 0.250. The number of oxime groups is 1. The zero-order chi connectivity index (χ0) is 22.7. The van der Waals surface area contributed by atoms with Crippen LogP contribution in [0.15, 0.2) is 65.1 Å². The first-order valence-corrected chi connectivity index (χ1v) is 11.1. The maximum absolute atomic E-state index is 14.3. The molecule has 0 radical (unpaired) electrons. The second-order valence-electron chi connectivity index (χ2n) is 7.81. The zero-order valence-electron chi connectivity index (χ0n) is 17.8. The molecule has 0 saturated heterocycles. The predicted octanol–water partition coefficient (Wildman–Crippen LogP) is 4.93. The van der Waals surface area contributed by atoms with Crippen molar-refractivity contribution in [1.82, 2.24) is 4.90 Å². The van der Waals surface area contributed by atoms with E-state index in [4.69, 9.17) is 4.84 Å². The van der Waals surface area contributed by atoms with Gasteiger partial charge in [0.15, 0.2) is 6.10 Å². The molecule has 0 fully saturated rings. The number of carbonyl (C=O) groups excluding carboxylic acids is 1. The highest BCUT2D eigenvalue weighted by Gasteiger charge is 2.28. The van der Waals surface area contributed by atoms with Gasteiger partial charge in [0.25, 0.3) is 5.91 Å². The van der Waals surface area contributed by atoms with E-state index in [0.717, 1.165) is 23.0 Å². The van der Waals surface area contributed by atoms with Gasteiger partial charge in [-0.1, -0.05) is 29.4 Å². The highest BCUT2D eigenvalue weighted by Crippen LogP contribution is 2.23. The van der Waals surface area contributed by atoms with Crippen molar-refractivity contribution >= 4 is 28.6 Å². The second-order valence-corrected chi connectivity index (χ2v) is 8.76. The molecule has 0 saturated carbocycles. The van der Waals surface area contributed by atoms with Gasteiger partial charge in [-0.3, -0.25) is 4.79 Å². The van der Waals surface area contributed by atoms with Crippen LogP contribution in [0, 0.1) is 11.6 Å². The molecule has 0 bridgehead atoms. The molecule has 2 heterocycles. The van der Waals surface area contributed by atoms with Crippen LogP contribution in [-0.4, -0.2) is 43.3 Å². The lowest BCUT2D eigenvalue weighted by atomic mass is 10.0. The van der Waals surface area contributed by atoms with Crippen molar-refractivity contribution in [2.45, 2.75) is 19.1 Å². The summed E-state index contributed by atoms with van der Waals surface area (Å²) in [5.74, 6) is -1.56. The summed E-state index contributed by atoms with van der Waals surface area (Å²) in [5, 5.41) is 6.03. The Labute approximate surface area is 189 Å². The Morgan fingerprint density at radius 3 is 2.59 bits per heavy atom. The summed E-state index contributed by atoms with van der Waals surface area (Å²) in [6, 6.07) is 14.9. The Bertz CT molecular complexity index is 1110. The molecule has 0 unspecified atom stereocenters. The van der Waals surface area contributed by atoms with Crippen molar-refractivity contribution in [2.75, 3.05) is 25.5 Å². The molecule has 1 atom stereocenters. The first-order valence-electron chi connectivity index (χ1n) is 10.2. The van der Waals surface area contributed by atoms with Gasteiger partial charge in [0.1, 0.15) is 11.6 Å². The molecule has 32 heavy (non-hydrogen) atoms. The third kappa shape index (κ3) is 4.96. The Balaban J connectivity index is 1.48. The number of nitrogens with zero attached hydrogens (tertiary/aromatic N) is 3. The van der Waals surface area contributed by atoms with Crippen molar-refractivity contribution in [3.8, 4) is 0 Å². The van der Waals surface area contributed by atoms with Crippen LogP contribution in [0.5, 0.6) is 0 Å². The van der Waals surface area contributed by atoms with Crippen molar-refractivity contribution in [2.24, 2.45) is 5.16 Å². The molecule has 0 aliphatic carbocycles. The first kappa shape index (κ1) is 22.0. The molecular weight excluding hydrogens is 432 g/mol. The summed E-state index contributed by atoms with van der Waals surface area (Å²) in [6.07, 6.45) is 0.174. The maximum atomic E-state index is 14.3. The quantitative estimate of drug-likeness (QED) is 0.508. The van der Waals surface area contributed by atoms with E-state index >= 15 is 0 Å². The van der Waals surface area contributed by atoms with Crippen LogP contribution >= 0.6 is 11.3 Å². The summed E-state index contributed by atoms with van der Waals surface area (Å²) in [4.78, 5) is 22.8. The molecule has 0 N–H and O–H groups in total. The molecule has 2 aromatic carbocycles. The van der Waals surface area contributed by atoms with Gasteiger partial charge in [-0.2, -0.15) is 0 Å². The summed E-state index contributed by atoms with van der Waals surface area (Å²) < 4.78 is 27.6. The van der Waals surface area contributed by atoms with Crippen LogP contribution in [-0.2, 0) is 11.4 Å². The minimum absolute atomic E-state index is 0.00950. The van der Waals surface area contributed by atoms with Crippen LogP contribution in [0.2, 0.25) is 0 Å². The minimum atomic E-state index is -0.681. The Morgan fingerprint density at radius 2 is 1.94 bits per heavy atom. The summed E-state index contributed by atoms with van der Waals surface area (Å²) >= 11 is 1.32. The van der Waals surface area contributed by atoms with E-state index in [0.29, 0.717) is 11.3 Å². The number of rotatable bonds is 7. The van der Waals surface area contributed by atoms with Crippen LogP contribution in [0.1, 0.15) is 27.2 Å². The number of halogens is 2. The third-order valence-corrected chi connectivity index (χ3v) is 6.13. The molecule has 0 spiro atoms. The normalized spacial score (nSPS) is 15.2. The molecule has 3 aromatic rings. The average molecular weight is 456 g/mol. The standard InChI is InChI=1S/C24H23F2N3O2S/c1-28(2)19-9-6-16(7-10-19)22-13-20(31-27-22)15-29(24(30)23-4-3-11-32-23)14-17-5-8-18(25)12-21(17)26/h3-12,20H,13-15H2,1-2H3/t20-/m1/s1. The van der Waals surface area contributed by atoms with Gasteiger partial charge in [0, 0.05) is 44.4 Å². The minimum Gasteiger partial charge on any atom is -0.390 e. The Hall–Kier alpha value is -3.26. The lowest BCUT2D eigenvalue weighted by Crippen LogP contribution is -2.37. The van der Waals surface area contributed by atoms with E-state index in [1.807, 2.05) is 48.6 Å². The van der Waals surface area contributed by atoms with Crippen molar-refractivity contribution in [1.29, 1.82) is 0 Å². The van der Waals surface area contributed by atoms with E-state index in [-0.39, 0.29) is 30.7 Å². The van der Waals surface area contributed by atoms with Crippen LogP contribution in [0.25, 0.3) is 0 Å². The number of benzene rings is 2. The SMILES string of the molecule is CN(C)c1ccc(C2=NO[C@@H](CN(Cc3ccc(F)cc3F)C(=O)c3cccs3)C2)cc1. The summed E-state index contributed by atoms with van der Waals surface area (Å²) in [6.45, 7) is 0.242. The average Bonchev–Trinajstić information content (AvgIpc) is 3.47. The monoisotopic (exact) mass is 455 g/mol. The number of anilines is 1. The first-order chi connectivity index (χ1) is 15.4. The van der Waals surface area contributed by atoms with E-state index in [9.17, 15) is 13.6 Å². The molecule has 166 valence electrons. The molecule has 1 aliphatic heterocycles. The second kappa shape index (κ2) is 9.48. The Morgan fingerprint density at radius 1 is 1.16 bits per heavy atom. The number of thiophene rings is 1. The van der Waals surface area contributed by atoms with Crippen molar-refractivity contribution < 1.29 is 18.4 Å².